The van der Waals surface area contributed by atoms with Crippen LogP contribution in [-0.2, 0) is 4.74 Å². The van der Waals surface area contributed by atoms with Crippen LogP contribution in [0.4, 0.5) is 17.1 Å². The van der Waals surface area contributed by atoms with E-state index in [1.807, 2.05) is 48.5 Å². The lowest BCUT2D eigenvalue weighted by Crippen LogP contribution is -2.34. The number of hydrazone groups is 1. The standard InChI is InChI=1S/C23H24N4OS/c1-28-17-16-24-23(29)26-25-18-19-12-14-22(15-13-19)27(20-8-4-2-5-9-20)21-10-6-3-7-11-21/h2-15,18H,16-17H2,1H3,(H2,24,26,29)/b25-18-. The number of ether oxygens (including phenoxy) is 1. The highest BCUT2D eigenvalue weighted by atomic mass is 32.1. The molecule has 0 heterocycles. The molecule has 0 aliphatic heterocycles. The monoisotopic (exact) mass is 404 g/mol. The molecule has 0 saturated heterocycles. The fourth-order valence-electron chi connectivity index (χ4n) is 2.78. The highest BCUT2D eigenvalue weighted by Gasteiger charge is 2.11. The number of rotatable bonds is 8. The van der Waals surface area contributed by atoms with Gasteiger partial charge in [0.25, 0.3) is 0 Å². The van der Waals surface area contributed by atoms with E-state index >= 15 is 0 Å². The third-order valence-corrected chi connectivity index (χ3v) is 4.39. The number of nitrogens with one attached hydrogen (secondary N) is 2. The summed E-state index contributed by atoms with van der Waals surface area (Å²) in [5.74, 6) is 0. The molecule has 0 bridgehead atoms. The van der Waals surface area contributed by atoms with Crippen molar-refractivity contribution in [2.75, 3.05) is 25.2 Å². The molecular formula is C23H24N4OS. The number of hydrogen-bond donors (Lipinski definition) is 2. The SMILES string of the molecule is COCCNC(=S)N/N=C\c1ccc(N(c2ccccc2)c2ccccc2)cc1. The molecule has 148 valence electrons. The maximum absolute atomic E-state index is 5.15. The van der Waals surface area contributed by atoms with E-state index in [0.717, 1.165) is 22.6 Å². The quantitative estimate of drug-likeness (QED) is 0.249. The fraction of sp³-hybridized carbons (Fsp3) is 0.130. The molecule has 0 saturated carbocycles. The van der Waals surface area contributed by atoms with E-state index in [-0.39, 0.29) is 0 Å². The molecule has 0 unspecified atom stereocenters. The number of benzene rings is 3. The average molecular weight is 405 g/mol. The van der Waals surface area contributed by atoms with Crippen molar-refractivity contribution in [3.63, 3.8) is 0 Å². The van der Waals surface area contributed by atoms with Crippen molar-refractivity contribution in [1.29, 1.82) is 0 Å². The lowest BCUT2D eigenvalue weighted by molar-refractivity contribution is 0.204. The third-order valence-electron chi connectivity index (χ3n) is 4.15. The second-order valence-electron chi connectivity index (χ2n) is 6.22. The molecule has 0 radical (unpaired) electrons. The summed E-state index contributed by atoms with van der Waals surface area (Å²) in [6.07, 6.45) is 1.74. The van der Waals surface area contributed by atoms with Crippen molar-refractivity contribution < 1.29 is 4.74 Å². The van der Waals surface area contributed by atoms with Gasteiger partial charge < -0.3 is 15.0 Å². The summed E-state index contributed by atoms with van der Waals surface area (Å²) >= 11 is 5.15. The molecule has 0 aliphatic carbocycles. The molecule has 3 aromatic carbocycles. The minimum atomic E-state index is 0.467. The molecule has 5 nitrogen and oxygen atoms in total. The normalized spacial score (nSPS) is 10.7. The number of methoxy groups -OCH3 is 1. The van der Waals surface area contributed by atoms with Crippen molar-refractivity contribution in [3.05, 3.63) is 90.5 Å². The second kappa shape index (κ2) is 10.9. The summed E-state index contributed by atoms with van der Waals surface area (Å²) in [5, 5.41) is 7.65. The second-order valence-corrected chi connectivity index (χ2v) is 6.62. The first-order valence-electron chi connectivity index (χ1n) is 9.34. The van der Waals surface area contributed by atoms with Crippen LogP contribution >= 0.6 is 12.2 Å². The van der Waals surface area contributed by atoms with Crippen LogP contribution in [0.15, 0.2) is 90.0 Å². The van der Waals surface area contributed by atoms with Gasteiger partial charge in [0.1, 0.15) is 0 Å². The predicted octanol–water partition coefficient (Wildman–Crippen LogP) is 4.60. The van der Waals surface area contributed by atoms with Crippen LogP contribution in [0.3, 0.4) is 0 Å². The number of anilines is 3. The van der Waals surface area contributed by atoms with E-state index < -0.39 is 0 Å². The largest absolute Gasteiger partial charge is 0.383 e. The minimum Gasteiger partial charge on any atom is -0.383 e. The van der Waals surface area contributed by atoms with Crippen molar-refractivity contribution in [3.8, 4) is 0 Å². The summed E-state index contributed by atoms with van der Waals surface area (Å²) in [6.45, 7) is 1.23. The maximum atomic E-state index is 5.15. The highest BCUT2D eigenvalue weighted by molar-refractivity contribution is 7.80. The van der Waals surface area contributed by atoms with Gasteiger partial charge in [-0.25, -0.2) is 0 Å². The lowest BCUT2D eigenvalue weighted by atomic mass is 10.1. The summed E-state index contributed by atoms with van der Waals surface area (Å²) in [5.41, 5.74) is 7.06. The van der Waals surface area contributed by atoms with Crippen molar-refractivity contribution in [2.45, 2.75) is 0 Å². The molecule has 0 fully saturated rings. The van der Waals surface area contributed by atoms with Crippen LogP contribution in [0.25, 0.3) is 0 Å². The van der Waals surface area contributed by atoms with E-state index in [1.165, 1.54) is 0 Å². The van der Waals surface area contributed by atoms with Gasteiger partial charge in [0.05, 0.1) is 12.8 Å². The van der Waals surface area contributed by atoms with Gasteiger partial charge in [0.15, 0.2) is 5.11 Å². The van der Waals surface area contributed by atoms with Gasteiger partial charge in [0, 0.05) is 30.7 Å². The molecule has 0 aromatic heterocycles. The number of para-hydroxylation sites is 2. The van der Waals surface area contributed by atoms with Crippen LogP contribution in [-0.4, -0.2) is 31.6 Å². The molecule has 2 N–H and O–H groups in total. The Morgan fingerprint density at radius 2 is 1.45 bits per heavy atom. The molecule has 6 heteroatoms. The topological polar surface area (TPSA) is 48.9 Å². The first kappa shape index (κ1) is 20.5. The van der Waals surface area contributed by atoms with Gasteiger partial charge in [0.2, 0.25) is 0 Å². The van der Waals surface area contributed by atoms with E-state index in [0.29, 0.717) is 18.3 Å². The smallest absolute Gasteiger partial charge is 0.187 e. The minimum absolute atomic E-state index is 0.467. The molecule has 3 rings (SSSR count). The molecule has 0 spiro atoms. The average Bonchev–Trinajstić information content (AvgIpc) is 2.77. The Balaban J connectivity index is 1.71. The summed E-state index contributed by atoms with van der Waals surface area (Å²) < 4.78 is 4.97. The van der Waals surface area contributed by atoms with Crippen LogP contribution in [0.1, 0.15) is 5.56 Å². The number of nitrogens with zero attached hydrogens (tertiary/aromatic N) is 2. The molecule has 0 atom stereocenters. The van der Waals surface area contributed by atoms with Gasteiger partial charge in [-0.2, -0.15) is 5.10 Å². The first-order valence-corrected chi connectivity index (χ1v) is 9.75. The molecular weight excluding hydrogens is 380 g/mol. The molecule has 0 amide bonds. The van der Waals surface area contributed by atoms with Gasteiger partial charge in [-0.1, -0.05) is 48.5 Å². The fourth-order valence-corrected chi connectivity index (χ4v) is 2.94. The zero-order valence-electron chi connectivity index (χ0n) is 16.3. The number of hydrogen-bond acceptors (Lipinski definition) is 4. The van der Waals surface area contributed by atoms with Crippen molar-refractivity contribution in [1.82, 2.24) is 10.7 Å². The van der Waals surface area contributed by atoms with Gasteiger partial charge in [-0.3, -0.25) is 5.43 Å². The maximum Gasteiger partial charge on any atom is 0.187 e. The summed E-state index contributed by atoms with van der Waals surface area (Å²) in [6, 6.07) is 28.8. The Kier molecular flexibility index (Phi) is 7.74. The van der Waals surface area contributed by atoms with Gasteiger partial charge >= 0.3 is 0 Å². The Morgan fingerprint density at radius 3 is 2.00 bits per heavy atom. The van der Waals surface area contributed by atoms with Gasteiger partial charge in [-0.05, 0) is 54.2 Å². The zero-order chi connectivity index (χ0) is 20.3. The molecule has 0 aliphatic rings. The summed E-state index contributed by atoms with van der Waals surface area (Å²) in [7, 11) is 1.65. The van der Waals surface area contributed by atoms with Crippen LogP contribution in [0.5, 0.6) is 0 Å². The first-order chi connectivity index (χ1) is 14.3. The predicted molar refractivity (Wildman–Crippen MR) is 124 cm³/mol. The Hall–Kier alpha value is -3.22. The molecule has 29 heavy (non-hydrogen) atoms. The van der Waals surface area contributed by atoms with Crippen LogP contribution < -0.4 is 15.6 Å². The Labute approximate surface area is 177 Å². The number of thiocarbonyl (C=S) groups is 1. The van der Waals surface area contributed by atoms with Crippen molar-refractivity contribution >= 4 is 40.6 Å². The molecule has 3 aromatic rings. The van der Waals surface area contributed by atoms with E-state index in [2.05, 4.69) is 57.1 Å². The summed E-state index contributed by atoms with van der Waals surface area (Å²) in [4.78, 5) is 2.22. The van der Waals surface area contributed by atoms with E-state index in [1.54, 1.807) is 13.3 Å². The van der Waals surface area contributed by atoms with E-state index in [9.17, 15) is 0 Å². The highest BCUT2D eigenvalue weighted by Crippen LogP contribution is 2.33. The van der Waals surface area contributed by atoms with Crippen LogP contribution in [0.2, 0.25) is 0 Å². The lowest BCUT2D eigenvalue weighted by Gasteiger charge is -2.25. The van der Waals surface area contributed by atoms with Crippen LogP contribution in [0, 0.1) is 0 Å². The third kappa shape index (κ3) is 6.14. The van der Waals surface area contributed by atoms with Crippen molar-refractivity contribution in [2.24, 2.45) is 5.10 Å². The Bertz CT molecular complexity index is 875. The van der Waals surface area contributed by atoms with E-state index in [4.69, 9.17) is 17.0 Å². The van der Waals surface area contributed by atoms with Gasteiger partial charge in [-0.15, -0.1) is 0 Å². The zero-order valence-corrected chi connectivity index (χ0v) is 17.1. The Morgan fingerprint density at radius 1 is 0.897 bits per heavy atom.